The highest BCUT2D eigenvalue weighted by molar-refractivity contribution is 5.33. The van der Waals surface area contributed by atoms with E-state index < -0.39 is 0 Å². The van der Waals surface area contributed by atoms with Crippen LogP contribution < -0.4 is 4.74 Å². The van der Waals surface area contributed by atoms with Gasteiger partial charge in [-0.05, 0) is 22.7 Å². The van der Waals surface area contributed by atoms with E-state index in [-0.39, 0.29) is 0 Å². The van der Waals surface area contributed by atoms with Crippen molar-refractivity contribution in [2.75, 3.05) is 0 Å². The van der Waals surface area contributed by atoms with Gasteiger partial charge in [-0.2, -0.15) is 0 Å². The van der Waals surface area contributed by atoms with Gasteiger partial charge in [0.15, 0.2) is 0 Å². The van der Waals surface area contributed by atoms with Crippen LogP contribution in [0.2, 0.25) is 0 Å². The van der Waals surface area contributed by atoms with E-state index >= 15 is 0 Å². The molecule has 0 aromatic heterocycles. The van der Waals surface area contributed by atoms with Gasteiger partial charge in [-0.3, -0.25) is 0 Å². The van der Waals surface area contributed by atoms with Crippen molar-refractivity contribution >= 4 is 0 Å². The fourth-order valence-corrected chi connectivity index (χ4v) is 1.62. The Balaban J connectivity index is 2.07. The molecule has 2 rings (SSSR count). The molecule has 0 unspecified atom stereocenters. The molecule has 0 heterocycles. The summed E-state index contributed by atoms with van der Waals surface area (Å²) in [6.45, 7) is 0.815. The molecule has 0 saturated carbocycles. The first-order valence-electron chi connectivity index (χ1n) is 5.65. The number of hydrogen-bond donors (Lipinski definition) is 0. The van der Waals surface area contributed by atoms with E-state index in [9.17, 15) is 0 Å². The molecule has 0 fully saturated rings. The van der Waals surface area contributed by atoms with Crippen LogP contribution >= 0.6 is 0 Å². The van der Waals surface area contributed by atoms with Gasteiger partial charge in [0.05, 0.1) is 6.54 Å². The molecule has 18 heavy (non-hydrogen) atoms. The zero-order valence-electron chi connectivity index (χ0n) is 9.86. The predicted molar refractivity (Wildman–Crippen MR) is 70.1 cm³/mol. The Labute approximate surface area is 105 Å². The number of benzene rings is 2. The minimum atomic E-state index is 0.307. The second-order valence-electron chi connectivity index (χ2n) is 3.77. The molecule has 0 spiro atoms. The topological polar surface area (TPSA) is 58.0 Å². The van der Waals surface area contributed by atoms with Crippen molar-refractivity contribution in [2.45, 2.75) is 13.2 Å². The lowest BCUT2D eigenvalue weighted by Gasteiger charge is -2.09. The molecule has 4 nitrogen and oxygen atoms in total. The summed E-state index contributed by atoms with van der Waals surface area (Å²) in [7, 11) is 0. The quantitative estimate of drug-likeness (QED) is 0.440. The van der Waals surface area contributed by atoms with Crippen LogP contribution in [0.15, 0.2) is 59.7 Å². The normalized spacial score (nSPS) is 9.56. The van der Waals surface area contributed by atoms with E-state index in [1.165, 1.54) is 0 Å². The van der Waals surface area contributed by atoms with Gasteiger partial charge < -0.3 is 4.74 Å². The molecule has 0 aliphatic rings. The van der Waals surface area contributed by atoms with E-state index in [1.54, 1.807) is 0 Å². The Morgan fingerprint density at radius 3 is 2.50 bits per heavy atom. The molecule has 0 radical (unpaired) electrons. The minimum Gasteiger partial charge on any atom is -0.489 e. The van der Waals surface area contributed by atoms with Gasteiger partial charge in [0, 0.05) is 4.91 Å². The Morgan fingerprint density at radius 2 is 1.72 bits per heavy atom. The van der Waals surface area contributed by atoms with E-state index in [0.29, 0.717) is 13.2 Å². The summed E-state index contributed by atoms with van der Waals surface area (Å²) in [5, 5.41) is 3.56. The van der Waals surface area contributed by atoms with Crippen LogP contribution in [-0.4, -0.2) is 0 Å². The third-order valence-corrected chi connectivity index (χ3v) is 2.51. The van der Waals surface area contributed by atoms with E-state index in [2.05, 4.69) is 10.0 Å². The number of nitrogens with zero attached hydrogens (tertiary/aromatic N) is 3. The summed E-state index contributed by atoms with van der Waals surface area (Å²) < 4.78 is 5.74. The average molecular weight is 239 g/mol. The Morgan fingerprint density at radius 1 is 1.00 bits per heavy atom. The van der Waals surface area contributed by atoms with Crippen LogP contribution in [-0.2, 0) is 13.2 Å². The first kappa shape index (κ1) is 12.0. The van der Waals surface area contributed by atoms with Crippen LogP contribution in [0.3, 0.4) is 0 Å². The monoisotopic (exact) mass is 239 g/mol. The maximum atomic E-state index is 8.34. The van der Waals surface area contributed by atoms with Crippen LogP contribution in [0.5, 0.6) is 5.75 Å². The Bertz CT molecular complexity index is 548. The molecule has 0 aliphatic heterocycles. The van der Waals surface area contributed by atoms with Crippen LogP contribution in [0.25, 0.3) is 10.4 Å². The highest BCUT2D eigenvalue weighted by Gasteiger charge is 2.01. The summed E-state index contributed by atoms with van der Waals surface area (Å²) in [4.78, 5) is 2.76. The molecular weight excluding hydrogens is 226 g/mol. The van der Waals surface area contributed by atoms with Crippen LogP contribution in [0.1, 0.15) is 11.1 Å². The van der Waals surface area contributed by atoms with Gasteiger partial charge in [-0.15, -0.1) is 0 Å². The zero-order chi connectivity index (χ0) is 12.6. The Kier molecular flexibility index (Phi) is 4.22. The van der Waals surface area contributed by atoms with Crippen molar-refractivity contribution < 1.29 is 4.74 Å². The van der Waals surface area contributed by atoms with Crippen molar-refractivity contribution in [3.05, 3.63) is 76.2 Å². The molecular formula is C14H13N3O. The molecule has 0 saturated heterocycles. The second-order valence-corrected chi connectivity index (χ2v) is 3.77. The van der Waals surface area contributed by atoms with Crippen LogP contribution in [0.4, 0.5) is 0 Å². The number of para-hydroxylation sites is 1. The first-order chi connectivity index (χ1) is 8.90. The third-order valence-electron chi connectivity index (χ3n) is 2.51. The van der Waals surface area contributed by atoms with Crippen molar-refractivity contribution in [1.82, 2.24) is 0 Å². The van der Waals surface area contributed by atoms with E-state index in [1.807, 2.05) is 54.6 Å². The average Bonchev–Trinajstić information content (AvgIpc) is 2.45. The highest BCUT2D eigenvalue weighted by atomic mass is 16.5. The maximum Gasteiger partial charge on any atom is 0.123 e. The Hall–Kier alpha value is -2.45. The number of hydrogen-bond acceptors (Lipinski definition) is 2. The number of azide groups is 1. The van der Waals surface area contributed by atoms with Crippen LogP contribution in [0, 0.1) is 0 Å². The molecule has 0 N–H and O–H groups in total. The molecule has 0 atom stereocenters. The van der Waals surface area contributed by atoms with Gasteiger partial charge in [0.1, 0.15) is 12.4 Å². The standard InChI is InChI=1S/C14H13N3O/c15-17-16-10-13-8-4-5-9-14(13)18-11-12-6-2-1-3-7-12/h1-9H,10-11H2. The van der Waals surface area contributed by atoms with Crippen molar-refractivity contribution in [1.29, 1.82) is 0 Å². The smallest absolute Gasteiger partial charge is 0.123 e. The van der Waals surface area contributed by atoms with Gasteiger partial charge in [0.2, 0.25) is 0 Å². The minimum absolute atomic E-state index is 0.307. The molecule has 2 aromatic rings. The molecule has 0 aliphatic carbocycles. The second kappa shape index (κ2) is 6.33. The molecule has 0 bridgehead atoms. The third kappa shape index (κ3) is 3.27. The lowest BCUT2D eigenvalue weighted by molar-refractivity contribution is 0.303. The van der Waals surface area contributed by atoms with E-state index in [0.717, 1.165) is 16.9 Å². The van der Waals surface area contributed by atoms with Gasteiger partial charge in [0.25, 0.3) is 0 Å². The van der Waals surface area contributed by atoms with Crippen molar-refractivity contribution in [3.8, 4) is 5.75 Å². The SMILES string of the molecule is [N-]=[N+]=NCc1ccccc1OCc1ccccc1. The maximum absolute atomic E-state index is 8.34. The summed E-state index contributed by atoms with van der Waals surface area (Å²) in [5.41, 5.74) is 10.3. The zero-order valence-corrected chi connectivity index (χ0v) is 9.86. The van der Waals surface area contributed by atoms with E-state index in [4.69, 9.17) is 10.3 Å². The lowest BCUT2D eigenvalue weighted by atomic mass is 10.2. The highest BCUT2D eigenvalue weighted by Crippen LogP contribution is 2.20. The fourth-order valence-electron chi connectivity index (χ4n) is 1.62. The fraction of sp³-hybridized carbons (Fsp3) is 0.143. The van der Waals surface area contributed by atoms with Gasteiger partial charge >= 0.3 is 0 Å². The van der Waals surface area contributed by atoms with Crippen molar-refractivity contribution in [2.24, 2.45) is 5.11 Å². The number of ether oxygens (including phenoxy) is 1. The lowest BCUT2D eigenvalue weighted by Crippen LogP contribution is -1.97. The van der Waals surface area contributed by atoms with Crippen molar-refractivity contribution in [3.63, 3.8) is 0 Å². The molecule has 90 valence electrons. The molecule has 0 amide bonds. The first-order valence-corrected chi connectivity index (χ1v) is 5.65. The summed E-state index contributed by atoms with van der Waals surface area (Å²) in [6, 6.07) is 17.5. The van der Waals surface area contributed by atoms with Gasteiger partial charge in [-0.25, -0.2) is 0 Å². The predicted octanol–water partition coefficient (Wildman–Crippen LogP) is 4.08. The van der Waals surface area contributed by atoms with Gasteiger partial charge in [-0.1, -0.05) is 53.6 Å². The summed E-state index contributed by atoms with van der Waals surface area (Å²) >= 11 is 0. The molecule has 2 aromatic carbocycles. The molecule has 4 heteroatoms. The largest absolute Gasteiger partial charge is 0.489 e. The summed E-state index contributed by atoms with van der Waals surface area (Å²) in [6.07, 6.45) is 0. The summed E-state index contributed by atoms with van der Waals surface area (Å²) in [5.74, 6) is 0.758. The number of rotatable bonds is 5.